The topological polar surface area (TPSA) is 118 Å². The molecule has 0 aliphatic heterocycles. The Labute approximate surface area is 136 Å². The SMILES string of the molecule is O=C(Cn1cc(NC(=O)C2CC2)nn1)Nc1ccc2[nH]ncc2c1. The van der Waals surface area contributed by atoms with E-state index in [0.717, 1.165) is 23.7 Å². The lowest BCUT2D eigenvalue weighted by molar-refractivity contribution is -0.117. The van der Waals surface area contributed by atoms with Crippen molar-refractivity contribution in [2.45, 2.75) is 19.4 Å². The van der Waals surface area contributed by atoms with Gasteiger partial charge in [0.2, 0.25) is 11.8 Å². The number of hydrogen-bond acceptors (Lipinski definition) is 5. The van der Waals surface area contributed by atoms with Crippen LogP contribution in [-0.4, -0.2) is 37.0 Å². The molecule has 1 aromatic carbocycles. The summed E-state index contributed by atoms with van der Waals surface area (Å²) in [6.45, 7) is 0.00965. The fourth-order valence-electron chi connectivity index (χ4n) is 2.37. The molecule has 3 aromatic rings. The predicted octanol–water partition coefficient (Wildman–Crippen LogP) is 1.14. The van der Waals surface area contributed by atoms with Crippen molar-refractivity contribution in [1.82, 2.24) is 25.2 Å². The van der Waals surface area contributed by atoms with E-state index in [-0.39, 0.29) is 24.3 Å². The number of carbonyl (C=O) groups excluding carboxylic acids is 2. The average molecular weight is 325 g/mol. The Bertz CT molecular complexity index is 909. The third-order valence-electron chi connectivity index (χ3n) is 3.77. The summed E-state index contributed by atoms with van der Waals surface area (Å²) in [5.74, 6) is 0.179. The second-order valence-corrected chi connectivity index (χ2v) is 5.79. The van der Waals surface area contributed by atoms with Crippen molar-refractivity contribution >= 4 is 34.2 Å². The van der Waals surface area contributed by atoms with Gasteiger partial charge in [-0.1, -0.05) is 5.21 Å². The van der Waals surface area contributed by atoms with Crippen molar-refractivity contribution in [1.29, 1.82) is 0 Å². The maximum atomic E-state index is 12.1. The molecule has 122 valence electrons. The van der Waals surface area contributed by atoms with Crippen LogP contribution in [0, 0.1) is 5.92 Å². The first kappa shape index (κ1) is 14.4. The number of aromatic nitrogens is 5. The van der Waals surface area contributed by atoms with E-state index in [1.165, 1.54) is 4.68 Å². The van der Waals surface area contributed by atoms with Gasteiger partial charge in [0.1, 0.15) is 6.54 Å². The first-order chi connectivity index (χ1) is 11.7. The van der Waals surface area contributed by atoms with Gasteiger partial charge in [-0.15, -0.1) is 5.10 Å². The quantitative estimate of drug-likeness (QED) is 0.650. The predicted molar refractivity (Wildman–Crippen MR) is 86.1 cm³/mol. The maximum absolute atomic E-state index is 12.1. The number of benzene rings is 1. The molecule has 2 heterocycles. The van der Waals surface area contributed by atoms with Gasteiger partial charge in [-0.3, -0.25) is 14.7 Å². The summed E-state index contributed by atoms with van der Waals surface area (Å²) in [5.41, 5.74) is 1.58. The summed E-state index contributed by atoms with van der Waals surface area (Å²) in [4.78, 5) is 23.8. The molecule has 24 heavy (non-hydrogen) atoms. The number of anilines is 2. The van der Waals surface area contributed by atoms with Gasteiger partial charge in [-0.2, -0.15) is 5.10 Å². The minimum absolute atomic E-state index is 0.00965. The molecule has 2 aromatic heterocycles. The molecule has 0 bridgehead atoms. The Hall–Kier alpha value is -3.23. The number of H-pyrrole nitrogens is 1. The molecule has 0 saturated heterocycles. The van der Waals surface area contributed by atoms with E-state index in [9.17, 15) is 9.59 Å². The number of nitrogens with one attached hydrogen (secondary N) is 3. The van der Waals surface area contributed by atoms with Crippen LogP contribution in [0.5, 0.6) is 0 Å². The number of fused-ring (bicyclic) bond motifs is 1. The van der Waals surface area contributed by atoms with Gasteiger partial charge >= 0.3 is 0 Å². The Morgan fingerprint density at radius 1 is 1.29 bits per heavy atom. The van der Waals surface area contributed by atoms with E-state index in [1.54, 1.807) is 18.5 Å². The first-order valence-electron chi connectivity index (χ1n) is 7.61. The van der Waals surface area contributed by atoms with Crippen LogP contribution in [0.3, 0.4) is 0 Å². The van der Waals surface area contributed by atoms with Gasteiger partial charge in [0, 0.05) is 17.0 Å². The average Bonchev–Trinajstić information content (AvgIpc) is 3.16. The van der Waals surface area contributed by atoms with E-state index in [0.29, 0.717) is 11.5 Å². The van der Waals surface area contributed by atoms with Crippen LogP contribution in [0.25, 0.3) is 10.9 Å². The number of rotatable bonds is 5. The van der Waals surface area contributed by atoms with E-state index in [2.05, 4.69) is 31.1 Å². The molecule has 3 N–H and O–H groups in total. The molecule has 1 aliphatic carbocycles. The number of aromatic amines is 1. The monoisotopic (exact) mass is 325 g/mol. The second-order valence-electron chi connectivity index (χ2n) is 5.79. The molecule has 9 heteroatoms. The number of carbonyl (C=O) groups is 2. The van der Waals surface area contributed by atoms with E-state index in [4.69, 9.17) is 0 Å². The summed E-state index contributed by atoms with van der Waals surface area (Å²) in [6.07, 6.45) is 5.07. The maximum Gasteiger partial charge on any atom is 0.246 e. The zero-order valence-electron chi connectivity index (χ0n) is 12.7. The highest BCUT2D eigenvalue weighted by molar-refractivity contribution is 5.94. The molecule has 4 rings (SSSR count). The molecule has 0 radical (unpaired) electrons. The number of amides is 2. The molecule has 2 amide bonds. The second kappa shape index (κ2) is 5.76. The Morgan fingerprint density at radius 2 is 2.17 bits per heavy atom. The number of nitrogens with zero attached hydrogens (tertiary/aromatic N) is 4. The van der Waals surface area contributed by atoms with Crippen molar-refractivity contribution in [2.24, 2.45) is 5.92 Å². The summed E-state index contributed by atoms with van der Waals surface area (Å²) in [7, 11) is 0. The van der Waals surface area contributed by atoms with Crippen molar-refractivity contribution in [3.63, 3.8) is 0 Å². The van der Waals surface area contributed by atoms with Crippen molar-refractivity contribution < 1.29 is 9.59 Å². The lowest BCUT2D eigenvalue weighted by Gasteiger charge is -2.05. The van der Waals surface area contributed by atoms with Crippen molar-refractivity contribution in [3.8, 4) is 0 Å². The van der Waals surface area contributed by atoms with E-state index in [1.807, 2.05) is 12.1 Å². The molecular weight excluding hydrogens is 310 g/mol. The molecule has 0 unspecified atom stereocenters. The highest BCUT2D eigenvalue weighted by Crippen LogP contribution is 2.29. The van der Waals surface area contributed by atoms with Gasteiger partial charge < -0.3 is 10.6 Å². The smallest absolute Gasteiger partial charge is 0.246 e. The number of hydrogen-bond donors (Lipinski definition) is 3. The van der Waals surface area contributed by atoms with E-state index < -0.39 is 0 Å². The van der Waals surface area contributed by atoms with Crippen LogP contribution in [0.2, 0.25) is 0 Å². The standard InChI is InChI=1S/C15H15N7O2/c23-14(17-11-3-4-12-10(5-11)6-16-19-12)8-22-7-13(20-21-22)18-15(24)9-1-2-9/h3-7,9H,1-2,8H2,(H,16,19)(H,17,23)(H,18,24). The lowest BCUT2D eigenvalue weighted by atomic mass is 10.2. The molecule has 9 nitrogen and oxygen atoms in total. The van der Waals surface area contributed by atoms with Crippen LogP contribution < -0.4 is 10.6 Å². The zero-order valence-corrected chi connectivity index (χ0v) is 12.7. The molecule has 0 spiro atoms. The summed E-state index contributed by atoms with van der Waals surface area (Å²) in [5, 5.41) is 20.9. The third-order valence-corrected chi connectivity index (χ3v) is 3.77. The Balaban J connectivity index is 1.36. The van der Waals surface area contributed by atoms with Gasteiger partial charge in [-0.25, -0.2) is 4.68 Å². The van der Waals surface area contributed by atoms with Crippen molar-refractivity contribution in [2.75, 3.05) is 10.6 Å². The first-order valence-corrected chi connectivity index (χ1v) is 7.61. The Morgan fingerprint density at radius 3 is 3.00 bits per heavy atom. The molecule has 1 fully saturated rings. The summed E-state index contributed by atoms with van der Waals surface area (Å²) >= 11 is 0. The minimum Gasteiger partial charge on any atom is -0.324 e. The summed E-state index contributed by atoms with van der Waals surface area (Å²) in [6, 6.07) is 5.47. The Kier molecular flexibility index (Phi) is 3.45. The molecular formula is C15H15N7O2. The lowest BCUT2D eigenvalue weighted by Crippen LogP contribution is -2.19. The van der Waals surface area contributed by atoms with Gasteiger partial charge in [0.25, 0.3) is 0 Å². The van der Waals surface area contributed by atoms with Crippen LogP contribution >= 0.6 is 0 Å². The van der Waals surface area contributed by atoms with Crippen LogP contribution in [0.4, 0.5) is 11.5 Å². The fraction of sp³-hybridized carbons (Fsp3) is 0.267. The summed E-state index contributed by atoms with van der Waals surface area (Å²) < 4.78 is 1.38. The van der Waals surface area contributed by atoms with Crippen LogP contribution in [0.15, 0.2) is 30.6 Å². The van der Waals surface area contributed by atoms with Gasteiger partial charge in [0.05, 0.1) is 17.9 Å². The molecule has 0 atom stereocenters. The highest BCUT2D eigenvalue weighted by Gasteiger charge is 2.30. The fourth-order valence-corrected chi connectivity index (χ4v) is 2.37. The van der Waals surface area contributed by atoms with Crippen molar-refractivity contribution in [3.05, 3.63) is 30.6 Å². The highest BCUT2D eigenvalue weighted by atomic mass is 16.2. The molecule has 1 aliphatic rings. The largest absolute Gasteiger partial charge is 0.324 e. The normalized spacial score (nSPS) is 13.8. The zero-order chi connectivity index (χ0) is 16.5. The molecule has 1 saturated carbocycles. The van der Waals surface area contributed by atoms with Crippen LogP contribution in [0.1, 0.15) is 12.8 Å². The van der Waals surface area contributed by atoms with Crippen LogP contribution in [-0.2, 0) is 16.1 Å². The van der Waals surface area contributed by atoms with Gasteiger partial charge in [0.15, 0.2) is 5.82 Å². The van der Waals surface area contributed by atoms with E-state index >= 15 is 0 Å². The van der Waals surface area contributed by atoms with Gasteiger partial charge in [-0.05, 0) is 31.0 Å². The third kappa shape index (κ3) is 3.09. The minimum atomic E-state index is -0.234.